The van der Waals surface area contributed by atoms with Crippen molar-refractivity contribution in [1.82, 2.24) is 4.98 Å². The molecule has 0 saturated heterocycles. The fourth-order valence-corrected chi connectivity index (χ4v) is 3.18. The van der Waals surface area contributed by atoms with Gasteiger partial charge in [-0.1, -0.05) is 12.1 Å². The molecule has 0 fully saturated rings. The minimum absolute atomic E-state index is 0.277. The number of furan rings is 1. The summed E-state index contributed by atoms with van der Waals surface area (Å²) in [5, 5.41) is 13.9. The molecule has 2 aromatic heterocycles. The summed E-state index contributed by atoms with van der Waals surface area (Å²) < 4.78 is 11.3. The number of benzene rings is 1. The lowest BCUT2D eigenvalue weighted by molar-refractivity contribution is 0.0121. The molecule has 1 aromatic carbocycles. The van der Waals surface area contributed by atoms with Crippen LogP contribution in [0.25, 0.3) is 11.0 Å². The molecule has 1 amide bonds. The van der Waals surface area contributed by atoms with Gasteiger partial charge in [0.2, 0.25) is 0 Å². The summed E-state index contributed by atoms with van der Waals surface area (Å²) in [6.45, 7) is 3.82. The van der Waals surface area contributed by atoms with Crippen LogP contribution in [0.2, 0.25) is 0 Å². The van der Waals surface area contributed by atoms with E-state index in [4.69, 9.17) is 9.15 Å². The largest absolute Gasteiger partial charge is 0.485 e. The Labute approximate surface area is 144 Å². The first-order valence-electron chi connectivity index (χ1n) is 8.08. The van der Waals surface area contributed by atoms with E-state index in [1.54, 1.807) is 30.3 Å². The predicted molar refractivity (Wildman–Crippen MR) is 92.7 cm³/mol. The Hall–Kier alpha value is -2.86. The Balaban J connectivity index is 1.71. The van der Waals surface area contributed by atoms with Crippen LogP contribution in [0.3, 0.4) is 0 Å². The maximum absolute atomic E-state index is 12.7. The zero-order valence-electron chi connectivity index (χ0n) is 13.9. The van der Waals surface area contributed by atoms with Gasteiger partial charge in [0.1, 0.15) is 22.6 Å². The van der Waals surface area contributed by atoms with Crippen LogP contribution >= 0.6 is 0 Å². The lowest BCUT2D eigenvalue weighted by Gasteiger charge is -2.36. The molecule has 1 aliphatic rings. The topological polar surface area (TPSA) is 84.6 Å². The maximum atomic E-state index is 12.7. The summed E-state index contributed by atoms with van der Waals surface area (Å²) in [5.74, 6) is 0.140. The van der Waals surface area contributed by atoms with Gasteiger partial charge in [0, 0.05) is 18.2 Å². The number of pyridine rings is 1. The minimum atomic E-state index is -0.633. The standard InChI is InChI=1S/C19H18N2O4/c1-19(2)10-14(22)11-4-3-5-13(17(11)25-19)21-18(23)16-12-7-9-24-15(12)6-8-20-16/h3-9,14,22H,10H2,1-2H3,(H,21,23). The van der Waals surface area contributed by atoms with E-state index in [1.165, 1.54) is 12.5 Å². The van der Waals surface area contributed by atoms with Gasteiger partial charge in [0.25, 0.3) is 5.91 Å². The van der Waals surface area contributed by atoms with Gasteiger partial charge in [-0.3, -0.25) is 9.78 Å². The number of carbonyl (C=O) groups is 1. The first-order chi connectivity index (χ1) is 11.9. The van der Waals surface area contributed by atoms with E-state index < -0.39 is 11.7 Å². The molecule has 3 heterocycles. The van der Waals surface area contributed by atoms with Crippen molar-refractivity contribution in [2.24, 2.45) is 0 Å². The smallest absolute Gasteiger partial charge is 0.275 e. The minimum Gasteiger partial charge on any atom is -0.485 e. The molecular formula is C19H18N2O4. The van der Waals surface area contributed by atoms with Gasteiger partial charge in [-0.05, 0) is 32.0 Å². The number of aromatic nitrogens is 1. The first kappa shape index (κ1) is 15.7. The molecule has 0 aliphatic carbocycles. The highest BCUT2D eigenvalue weighted by Crippen LogP contribution is 2.43. The highest BCUT2D eigenvalue weighted by atomic mass is 16.5. The fourth-order valence-electron chi connectivity index (χ4n) is 3.18. The van der Waals surface area contributed by atoms with Gasteiger partial charge in [-0.15, -0.1) is 0 Å². The zero-order chi connectivity index (χ0) is 17.6. The van der Waals surface area contributed by atoms with Crippen molar-refractivity contribution < 1.29 is 19.1 Å². The number of amides is 1. The maximum Gasteiger partial charge on any atom is 0.275 e. The molecule has 128 valence electrons. The number of rotatable bonds is 2. The van der Waals surface area contributed by atoms with Crippen molar-refractivity contribution in [3.63, 3.8) is 0 Å². The molecule has 1 atom stereocenters. The number of aliphatic hydroxyl groups is 1. The molecule has 6 heteroatoms. The van der Waals surface area contributed by atoms with Crippen LogP contribution in [-0.4, -0.2) is 21.6 Å². The molecule has 3 aromatic rings. The normalized spacial score (nSPS) is 18.4. The van der Waals surface area contributed by atoms with E-state index in [1.807, 2.05) is 13.8 Å². The molecule has 1 unspecified atom stereocenters. The van der Waals surface area contributed by atoms with Gasteiger partial charge < -0.3 is 19.6 Å². The Morgan fingerprint density at radius 1 is 1.32 bits per heavy atom. The number of aliphatic hydroxyl groups excluding tert-OH is 1. The number of nitrogens with zero attached hydrogens (tertiary/aromatic N) is 1. The summed E-state index contributed by atoms with van der Waals surface area (Å²) in [7, 11) is 0. The fraction of sp³-hybridized carbons (Fsp3) is 0.263. The number of nitrogens with one attached hydrogen (secondary N) is 1. The van der Waals surface area contributed by atoms with Crippen LogP contribution in [0, 0.1) is 0 Å². The lowest BCUT2D eigenvalue weighted by Crippen LogP contribution is -2.35. The second kappa shape index (κ2) is 5.60. The summed E-state index contributed by atoms with van der Waals surface area (Å²) in [6.07, 6.45) is 2.92. The molecule has 25 heavy (non-hydrogen) atoms. The summed E-state index contributed by atoms with van der Waals surface area (Å²) >= 11 is 0. The highest BCUT2D eigenvalue weighted by molar-refractivity contribution is 6.11. The van der Waals surface area contributed by atoms with E-state index in [9.17, 15) is 9.90 Å². The van der Waals surface area contributed by atoms with Crippen molar-refractivity contribution in [3.05, 3.63) is 54.0 Å². The molecule has 2 N–H and O–H groups in total. The molecule has 0 bridgehead atoms. The Kier molecular flexibility index (Phi) is 3.51. The van der Waals surface area contributed by atoms with Crippen LogP contribution < -0.4 is 10.1 Å². The number of hydrogen-bond donors (Lipinski definition) is 2. The molecule has 4 rings (SSSR count). The van der Waals surface area contributed by atoms with E-state index in [0.29, 0.717) is 34.4 Å². The number of carbonyl (C=O) groups excluding carboxylic acids is 1. The SMILES string of the molecule is CC1(C)CC(O)c2cccc(NC(=O)c3nccc4occc34)c2O1. The number of fused-ring (bicyclic) bond motifs is 2. The lowest BCUT2D eigenvalue weighted by atomic mass is 9.91. The molecular weight excluding hydrogens is 320 g/mol. The highest BCUT2D eigenvalue weighted by Gasteiger charge is 2.34. The number of para-hydroxylation sites is 1. The second-order valence-corrected chi connectivity index (χ2v) is 6.75. The predicted octanol–water partition coefficient (Wildman–Crippen LogP) is 3.67. The van der Waals surface area contributed by atoms with E-state index in [0.717, 1.165) is 0 Å². The first-order valence-corrected chi connectivity index (χ1v) is 8.08. The van der Waals surface area contributed by atoms with E-state index in [2.05, 4.69) is 10.3 Å². The average Bonchev–Trinajstić information content (AvgIpc) is 3.03. The third-order valence-corrected chi connectivity index (χ3v) is 4.31. The average molecular weight is 338 g/mol. The monoisotopic (exact) mass is 338 g/mol. The number of hydrogen-bond acceptors (Lipinski definition) is 5. The van der Waals surface area contributed by atoms with Crippen molar-refractivity contribution >= 4 is 22.6 Å². The zero-order valence-corrected chi connectivity index (χ0v) is 13.9. The summed E-state index contributed by atoms with van der Waals surface area (Å²) in [4.78, 5) is 16.9. The van der Waals surface area contributed by atoms with Crippen LogP contribution in [-0.2, 0) is 0 Å². The second-order valence-electron chi connectivity index (χ2n) is 6.75. The molecule has 0 spiro atoms. The third kappa shape index (κ3) is 2.74. The van der Waals surface area contributed by atoms with Crippen molar-refractivity contribution in [1.29, 1.82) is 0 Å². The van der Waals surface area contributed by atoms with Crippen LogP contribution in [0.5, 0.6) is 5.75 Å². The van der Waals surface area contributed by atoms with Crippen molar-refractivity contribution in [2.45, 2.75) is 32.0 Å². The van der Waals surface area contributed by atoms with Gasteiger partial charge >= 0.3 is 0 Å². The van der Waals surface area contributed by atoms with Gasteiger partial charge in [-0.2, -0.15) is 0 Å². The number of anilines is 1. The van der Waals surface area contributed by atoms with E-state index in [-0.39, 0.29) is 11.6 Å². The van der Waals surface area contributed by atoms with Crippen LogP contribution in [0.1, 0.15) is 42.4 Å². The Morgan fingerprint density at radius 3 is 3.00 bits per heavy atom. The van der Waals surface area contributed by atoms with Gasteiger partial charge in [0.05, 0.1) is 23.4 Å². The summed E-state index contributed by atoms with van der Waals surface area (Å²) in [6, 6.07) is 8.76. The quantitative estimate of drug-likeness (QED) is 0.745. The van der Waals surface area contributed by atoms with Gasteiger partial charge in [0.15, 0.2) is 0 Å². The summed E-state index contributed by atoms with van der Waals surface area (Å²) in [5.41, 5.74) is 1.54. The molecule has 1 aliphatic heterocycles. The van der Waals surface area contributed by atoms with Gasteiger partial charge in [-0.25, -0.2) is 0 Å². The number of ether oxygens (including phenoxy) is 1. The molecule has 0 radical (unpaired) electrons. The van der Waals surface area contributed by atoms with Crippen LogP contribution in [0.15, 0.2) is 47.2 Å². The Morgan fingerprint density at radius 2 is 2.16 bits per heavy atom. The van der Waals surface area contributed by atoms with Crippen LogP contribution in [0.4, 0.5) is 5.69 Å². The Bertz CT molecular complexity index is 961. The molecule has 0 saturated carbocycles. The molecule has 6 nitrogen and oxygen atoms in total. The van der Waals surface area contributed by atoms with Crippen molar-refractivity contribution in [2.75, 3.05) is 5.32 Å². The van der Waals surface area contributed by atoms with Crippen molar-refractivity contribution in [3.8, 4) is 5.75 Å². The third-order valence-electron chi connectivity index (χ3n) is 4.31. The van der Waals surface area contributed by atoms with E-state index >= 15 is 0 Å².